The Morgan fingerprint density at radius 1 is 1.23 bits per heavy atom. The fraction of sp³-hybridized carbons (Fsp3) is 0.391. The number of ether oxygens (including phenoxy) is 1. The first-order valence-electron chi connectivity index (χ1n) is 9.83. The number of amides is 2. The molecule has 7 heteroatoms. The van der Waals surface area contributed by atoms with E-state index in [2.05, 4.69) is 5.32 Å². The zero-order valence-electron chi connectivity index (χ0n) is 17.7. The van der Waals surface area contributed by atoms with Crippen LogP contribution in [0.3, 0.4) is 0 Å². The molecule has 0 unspecified atom stereocenters. The van der Waals surface area contributed by atoms with Crippen LogP contribution in [0.25, 0.3) is 0 Å². The fourth-order valence-corrected chi connectivity index (χ4v) is 3.84. The lowest BCUT2D eigenvalue weighted by molar-refractivity contribution is -0.121. The number of rotatable bonds is 4. The summed E-state index contributed by atoms with van der Waals surface area (Å²) in [5, 5.41) is 12.3. The molecule has 2 amide bonds. The molecule has 0 fully saturated rings. The van der Waals surface area contributed by atoms with Gasteiger partial charge in [-0.3, -0.25) is 9.69 Å². The van der Waals surface area contributed by atoms with Gasteiger partial charge in [0.15, 0.2) is 0 Å². The van der Waals surface area contributed by atoms with Crippen LogP contribution in [0.5, 0.6) is 0 Å². The summed E-state index contributed by atoms with van der Waals surface area (Å²) in [6, 6.07) is 9.08. The number of carboxylic acid groups (broad SMARTS) is 1. The Hall–Kier alpha value is -2.93. The van der Waals surface area contributed by atoms with Crippen molar-refractivity contribution in [2.75, 3.05) is 19.0 Å². The zero-order valence-corrected chi connectivity index (χ0v) is 17.7. The van der Waals surface area contributed by atoms with Gasteiger partial charge >= 0.3 is 6.09 Å². The number of nitrogens with one attached hydrogen (secondary N) is 1. The SMILES string of the molecule is COCc1ccc2c(c1)CCN(C(=O)O)[C@@H]2C(=O)Nc1ccc(C(C)(C)C)c(F)c1. The first-order valence-corrected chi connectivity index (χ1v) is 9.83. The smallest absolute Gasteiger partial charge is 0.408 e. The lowest BCUT2D eigenvalue weighted by Gasteiger charge is -2.34. The third-order valence-corrected chi connectivity index (χ3v) is 5.29. The van der Waals surface area contributed by atoms with Gasteiger partial charge in [-0.1, -0.05) is 45.0 Å². The molecule has 160 valence electrons. The molecular weight excluding hydrogens is 387 g/mol. The van der Waals surface area contributed by atoms with Gasteiger partial charge in [-0.25, -0.2) is 9.18 Å². The van der Waals surface area contributed by atoms with Gasteiger partial charge in [-0.15, -0.1) is 0 Å². The van der Waals surface area contributed by atoms with Crippen molar-refractivity contribution in [1.29, 1.82) is 0 Å². The van der Waals surface area contributed by atoms with Gasteiger partial charge in [0, 0.05) is 19.3 Å². The van der Waals surface area contributed by atoms with Gasteiger partial charge in [0.1, 0.15) is 11.9 Å². The third-order valence-electron chi connectivity index (χ3n) is 5.29. The average molecular weight is 414 g/mol. The predicted octanol–water partition coefficient (Wildman–Crippen LogP) is 4.49. The van der Waals surface area contributed by atoms with Crippen LogP contribution in [0, 0.1) is 5.82 Å². The molecule has 2 N–H and O–H groups in total. The molecule has 1 aliphatic heterocycles. The highest BCUT2D eigenvalue weighted by Gasteiger charge is 2.36. The molecule has 3 rings (SSSR count). The standard InChI is InChI=1S/C23H27FN2O4/c1-23(2,3)18-8-6-16(12-19(18)24)25-21(27)20-17-7-5-14(13-30-4)11-15(17)9-10-26(20)22(28)29/h5-8,11-12,20H,9-10,13H2,1-4H3,(H,25,27)(H,28,29)/t20-/m0/s1. The van der Waals surface area contributed by atoms with Gasteiger partial charge in [0.25, 0.3) is 5.91 Å². The molecular formula is C23H27FN2O4. The number of halogens is 1. The van der Waals surface area contributed by atoms with Crippen LogP contribution in [0.1, 0.15) is 49.1 Å². The molecule has 2 aromatic carbocycles. The molecule has 0 saturated heterocycles. The van der Waals surface area contributed by atoms with E-state index in [0.29, 0.717) is 29.8 Å². The van der Waals surface area contributed by atoms with Crippen molar-refractivity contribution in [2.24, 2.45) is 0 Å². The maximum absolute atomic E-state index is 14.5. The van der Waals surface area contributed by atoms with E-state index in [1.165, 1.54) is 6.07 Å². The Balaban J connectivity index is 1.91. The first kappa shape index (κ1) is 21.8. The zero-order chi connectivity index (χ0) is 22.1. The number of hydrogen-bond donors (Lipinski definition) is 2. The number of anilines is 1. The number of carbonyl (C=O) groups is 2. The lowest BCUT2D eigenvalue weighted by Crippen LogP contribution is -2.44. The Kier molecular flexibility index (Phi) is 6.12. The number of methoxy groups -OCH3 is 1. The number of hydrogen-bond acceptors (Lipinski definition) is 3. The topological polar surface area (TPSA) is 78.9 Å². The molecule has 2 aromatic rings. The predicted molar refractivity (Wildman–Crippen MR) is 112 cm³/mol. The minimum absolute atomic E-state index is 0.203. The molecule has 0 saturated carbocycles. The largest absolute Gasteiger partial charge is 0.465 e. The number of fused-ring (bicyclic) bond motifs is 1. The molecule has 0 radical (unpaired) electrons. The summed E-state index contributed by atoms with van der Waals surface area (Å²) in [4.78, 5) is 26.0. The van der Waals surface area contributed by atoms with Gasteiger partial charge in [0.05, 0.1) is 6.61 Å². The van der Waals surface area contributed by atoms with Crippen LogP contribution in [-0.2, 0) is 28.0 Å². The van der Waals surface area contributed by atoms with E-state index in [1.54, 1.807) is 25.3 Å². The molecule has 1 heterocycles. The molecule has 1 aliphatic rings. The quantitative estimate of drug-likeness (QED) is 0.773. The first-order chi connectivity index (χ1) is 14.1. The molecule has 30 heavy (non-hydrogen) atoms. The van der Waals surface area contributed by atoms with E-state index in [1.807, 2.05) is 32.9 Å². The minimum atomic E-state index is -1.17. The van der Waals surface area contributed by atoms with Gasteiger partial charge in [-0.05, 0) is 46.2 Å². The monoisotopic (exact) mass is 414 g/mol. The van der Waals surface area contributed by atoms with Crippen molar-refractivity contribution in [3.8, 4) is 0 Å². The van der Waals surface area contributed by atoms with Crippen LogP contribution >= 0.6 is 0 Å². The highest BCUT2D eigenvalue weighted by molar-refractivity contribution is 5.97. The van der Waals surface area contributed by atoms with E-state index in [4.69, 9.17) is 4.74 Å². The molecule has 1 atom stereocenters. The van der Waals surface area contributed by atoms with Crippen LogP contribution in [-0.4, -0.2) is 35.7 Å². The summed E-state index contributed by atoms with van der Waals surface area (Å²) in [6.07, 6.45) is -0.659. The summed E-state index contributed by atoms with van der Waals surface area (Å²) in [5.74, 6) is -0.926. The normalized spacial score (nSPS) is 16.2. The Bertz CT molecular complexity index is 968. The Morgan fingerprint density at radius 3 is 2.57 bits per heavy atom. The number of nitrogens with zero attached hydrogens (tertiary/aromatic N) is 1. The van der Waals surface area contributed by atoms with Crippen molar-refractivity contribution in [2.45, 2.75) is 45.3 Å². The van der Waals surface area contributed by atoms with Gasteiger partial charge in [0.2, 0.25) is 0 Å². The van der Waals surface area contributed by atoms with E-state index in [9.17, 15) is 19.1 Å². The van der Waals surface area contributed by atoms with Crippen molar-refractivity contribution < 1.29 is 23.8 Å². The number of carbonyl (C=O) groups excluding carboxylic acids is 1. The van der Waals surface area contributed by atoms with Crippen molar-refractivity contribution in [3.05, 3.63) is 64.5 Å². The Labute approximate surface area is 175 Å². The van der Waals surface area contributed by atoms with Crippen LogP contribution in [0.15, 0.2) is 36.4 Å². The van der Waals surface area contributed by atoms with Crippen LogP contribution in [0.4, 0.5) is 14.9 Å². The summed E-state index contributed by atoms with van der Waals surface area (Å²) in [6.45, 7) is 6.36. The summed E-state index contributed by atoms with van der Waals surface area (Å²) in [7, 11) is 1.60. The maximum atomic E-state index is 14.5. The van der Waals surface area contributed by atoms with Gasteiger partial charge in [-0.2, -0.15) is 0 Å². The second-order valence-corrected chi connectivity index (χ2v) is 8.53. The fourth-order valence-electron chi connectivity index (χ4n) is 3.84. The molecule has 0 bridgehead atoms. The van der Waals surface area contributed by atoms with Crippen molar-refractivity contribution in [3.63, 3.8) is 0 Å². The highest BCUT2D eigenvalue weighted by atomic mass is 19.1. The highest BCUT2D eigenvalue weighted by Crippen LogP contribution is 2.33. The molecule has 6 nitrogen and oxygen atoms in total. The van der Waals surface area contributed by atoms with Crippen molar-refractivity contribution >= 4 is 17.7 Å². The average Bonchev–Trinajstić information content (AvgIpc) is 2.66. The second kappa shape index (κ2) is 8.44. The van der Waals surface area contributed by atoms with Crippen LogP contribution < -0.4 is 5.32 Å². The van der Waals surface area contributed by atoms with E-state index in [0.717, 1.165) is 16.0 Å². The molecule has 0 spiro atoms. The molecule has 0 aliphatic carbocycles. The third kappa shape index (κ3) is 4.46. The maximum Gasteiger partial charge on any atom is 0.408 e. The number of benzene rings is 2. The van der Waals surface area contributed by atoms with E-state index >= 15 is 0 Å². The van der Waals surface area contributed by atoms with Gasteiger partial charge < -0.3 is 15.2 Å². The van der Waals surface area contributed by atoms with Crippen molar-refractivity contribution in [1.82, 2.24) is 4.90 Å². The Morgan fingerprint density at radius 2 is 1.97 bits per heavy atom. The van der Waals surface area contributed by atoms with E-state index in [-0.39, 0.29) is 12.0 Å². The summed E-state index contributed by atoms with van der Waals surface area (Å²) >= 11 is 0. The van der Waals surface area contributed by atoms with Crippen LogP contribution in [0.2, 0.25) is 0 Å². The summed E-state index contributed by atoms with van der Waals surface area (Å²) < 4.78 is 19.7. The lowest BCUT2D eigenvalue weighted by atomic mass is 9.86. The molecule has 0 aromatic heterocycles. The second-order valence-electron chi connectivity index (χ2n) is 8.53. The minimum Gasteiger partial charge on any atom is -0.465 e. The summed E-state index contributed by atoms with van der Waals surface area (Å²) in [5.41, 5.74) is 2.97. The van der Waals surface area contributed by atoms with E-state index < -0.39 is 23.9 Å².